The van der Waals surface area contributed by atoms with Crippen molar-refractivity contribution in [1.29, 1.82) is 0 Å². The Balaban J connectivity index is 1.91. The number of hydrogen-bond acceptors (Lipinski definition) is 6. The SMILES string of the molecule is O=Nc1cccc(-c2ccc(C=C3C(=O)NC(=S)NC3=O)o2)c1. The quantitative estimate of drug-likeness (QED) is 0.390. The maximum atomic E-state index is 11.8. The first-order valence-corrected chi connectivity index (χ1v) is 6.89. The van der Waals surface area contributed by atoms with Crippen molar-refractivity contribution in [2.24, 2.45) is 5.18 Å². The molecule has 7 nitrogen and oxygen atoms in total. The van der Waals surface area contributed by atoms with Gasteiger partial charge in [0.1, 0.15) is 22.8 Å². The third-order valence-electron chi connectivity index (χ3n) is 3.09. The first-order valence-electron chi connectivity index (χ1n) is 6.49. The summed E-state index contributed by atoms with van der Waals surface area (Å²) in [6.07, 6.45) is 1.32. The molecule has 1 aliphatic heterocycles. The van der Waals surface area contributed by atoms with Crippen LogP contribution in [0.1, 0.15) is 5.76 Å². The Kier molecular flexibility index (Phi) is 3.82. The monoisotopic (exact) mass is 327 g/mol. The van der Waals surface area contributed by atoms with Gasteiger partial charge in [-0.1, -0.05) is 12.1 Å². The number of nitrogens with zero attached hydrogens (tertiary/aromatic N) is 1. The third-order valence-corrected chi connectivity index (χ3v) is 3.30. The van der Waals surface area contributed by atoms with Crippen LogP contribution in [0.3, 0.4) is 0 Å². The second-order valence-corrected chi connectivity index (χ2v) is 5.05. The molecule has 1 aromatic heterocycles. The number of nitroso groups, excluding NO2 is 1. The lowest BCUT2D eigenvalue weighted by molar-refractivity contribution is -0.123. The van der Waals surface area contributed by atoms with E-state index in [-0.39, 0.29) is 16.4 Å². The van der Waals surface area contributed by atoms with Crippen LogP contribution in [0.2, 0.25) is 0 Å². The van der Waals surface area contributed by atoms with Crippen LogP contribution >= 0.6 is 12.2 Å². The van der Waals surface area contributed by atoms with E-state index in [9.17, 15) is 14.5 Å². The Labute approximate surface area is 135 Å². The summed E-state index contributed by atoms with van der Waals surface area (Å²) in [5, 5.41) is 7.50. The Bertz CT molecular complexity index is 847. The second-order valence-electron chi connectivity index (χ2n) is 4.64. The molecule has 1 aliphatic rings. The molecule has 23 heavy (non-hydrogen) atoms. The molecule has 2 aromatic rings. The molecule has 0 bridgehead atoms. The highest BCUT2D eigenvalue weighted by Gasteiger charge is 2.26. The molecule has 0 spiro atoms. The highest BCUT2D eigenvalue weighted by atomic mass is 32.1. The zero-order valence-electron chi connectivity index (χ0n) is 11.5. The summed E-state index contributed by atoms with van der Waals surface area (Å²) in [6.45, 7) is 0. The highest BCUT2D eigenvalue weighted by molar-refractivity contribution is 7.80. The van der Waals surface area contributed by atoms with Gasteiger partial charge in [0.2, 0.25) is 0 Å². The number of thiocarbonyl (C=S) groups is 1. The minimum Gasteiger partial charge on any atom is -0.457 e. The van der Waals surface area contributed by atoms with Gasteiger partial charge in [-0.3, -0.25) is 20.2 Å². The largest absolute Gasteiger partial charge is 0.457 e. The fraction of sp³-hybridized carbons (Fsp3) is 0. The van der Waals surface area contributed by atoms with Crippen molar-refractivity contribution in [3.05, 3.63) is 52.6 Å². The molecule has 1 aromatic carbocycles. The standard InChI is InChI=1S/C15H9N3O4S/c19-13-11(14(20)17-15(23)16-13)7-10-4-5-12(22-10)8-2-1-3-9(6-8)18-21/h1-7H,(H2,16,17,19,20,23). The molecule has 114 valence electrons. The lowest BCUT2D eigenvalue weighted by atomic mass is 10.1. The predicted molar refractivity (Wildman–Crippen MR) is 86.5 cm³/mol. The van der Waals surface area contributed by atoms with Crippen molar-refractivity contribution >= 4 is 40.9 Å². The van der Waals surface area contributed by atoms with E-state index in [1.807, 2.05) is 0 Å². The average Bonchev–Trinajstić information content (AvgIpc) is 2.99. The number of carbonyl (C=O) groups excluding carboxylic acids is 2. The molecule has 1 saturated heterocycles. The molecular weight excluding hydrogens is 318 g/mol. The molecule has 2 amide bonds. The van der Waals surface area contributed by atoms with E-state index < -0.39 is 11.8 Å². The number of carbonyl (C=O) groups is 2. The molecule has 0 aliphatic carbocycles. The van der Waals surface area contributed by atoms with E-state index in [2.05, 4.69) is 15.8 Å². The van der Waals surface area contributed by atoms with Crippen LogP contribution in [0.15, 0.2) is 51.6 Å². The maximum Gasteiger partial charge on any atom is 0.263 e. The molecule has 0 saturated carbocycles. The predicted octanol–water partition coefficient (Wildman–Crippen LogP) is 2.26. The number of rotatable bonds is 3. The number of furan rings is 1. The van der Waals surface area contributed by atoms with Crippen LogP contribution in [0.5, 0.6) is 0 Å². The summed E-state index contributed by atoms with van der Waals surface area (Å²) < 4.78 is 5.58. The lowest BCUT2D eigenvalue weighted by Crippen LogP contribution is -2.51. The average molecular weight is 327 g/mol. The Morgan fingerprint density at radius 1 is 1.09 bits per heavy atom. The minimum absolute atomic E-state index is 0.0320. The summed E-state index contributed by atoms with van der Waals surface area (Å²) in [4.78, 5) is 34.1. The maximum absolute atomic E-state index is 11.8. The summed E-state index contributed by atoms with van der Waals surface area (Å²) in [7, 11) is 0. The van der Waals surface area contributed by atoms with Crippen LogP contribution in [0, 0.1) is 4.91 Å². The number of nitrogens with one attached hydrogen (secondary N) is 2. The van der Waals surface area contributed by atoms with E-state index >= 15 is 0 Å². The Morgan fingerprint density at radius 3 is 2.52 bits per heavy atom. The van der Waals surface area contributed by atoms with E-state index in [1.165, 1.54) is 6.08 Å². The Morgan fingerprint density at radius 2 is 1.83 bits per heavy atom. The molecule has 1 fully saturated rings. The third kappa shape index (κ3) is 3.06. The Hall–Kier alpha value is -3.13. The van der Waals surface area contributed by atoms with Gasteiger partial charge in [0.05, 0.1) is 0 Å². The van der Waals surface area contributed by atoms with Gasteiger partial charge < -0.3 is 4.42 Å². The summed E-state index contributed by atoms with van der Waals surface area (Å²) in [5.41, 5.74) is 0.826. The first-order chi connectivity index (χ1) is 11.1. The summed E-state index contributed by atoms with van der Waals surface area (Å²) in [6, 6.07) is 9.85. The molecule has 0 unspecified atom stereocenters. The van der Waals surface area contributed by atoms with Gasteiger partial charge in [-0.15, -0.1) is 4.91 Å². The van der Waals surface area contributed by atoms with E-state index in [0.717, 1.165) is 0 Å². The number of hydrogen-bond donors (Lipinski definition) is 2. The van der Waals surface area contributed by atoms with Gasteiger partial charge in [-0.2, -0.15) is 0 Å². The van der Waals surface area contributed by atoms with Gasteiger partial charge in [-0.25, -0.2) is 0 Å². The van der Waals surface area contributed by atoms with Crippen molar-refractivity contribution < 1.29 is 14.0 Å². The van der Waals surface area contributed by atoms with Gasteiger partial charge in [0, 0.05) is 5.56 Å². The van der Waals surface area contributed by atoms with Crippen LogP contribution in [0.4, 0.5) is 5.69 Å². The fourth-order valence-corrected chi connectivity index (χ4v) is 2.24. The summed E-state index contributed by atoms with van der Waals surface area (Å²) in [5.74, 6) is -0.389. The first kappa shape index (κ1) is 14.8. The number of benzene rings is 1. The molecule has 0 radical (unpaired) electrons. The van der Waals surface area contributed by atoms with Crippen LogP contribution in [-0.2, 0) is 9.59 Å². The van der Waals surface area contributed by atoms with Gasteiger partial charge >= 0.3 is 0 Å². The van der Waals surface area contributed by atoms with Crippen molar-refractivity contribution in [2.75, 3.05) is 0 Å². The van der Waals surface area contributed by atoms with Crippen molar-refractivity contribution in [3.63, 3.8) is 0 Å². The summed E-state index contributed by atoms with van der Waals surface area (Å²) >= 11 is 4.72. The second kappa shape index (κ2) is 5.93. The topological polar surface area (TPSA) is 101 Å². The van der Waals surface area contributed by atoms with E-state index in [0.29, 0.717) is 17.1 Å². The van der Waals surface area contributed by atoms with Gasteiger partial charge in [0.15, 0.2) is 5.11 Å². The minimum atomic E-state index is -0.594. The van der Waals surface area contributed by atoms with Crippen LogP contribution in [0.25, 0.3) is 17.4 Å². The fourth-order valence-electron chi connectivity index (χ4n) is 2.05. The van der Waals surface area contributed by atoms with Crippen LogP contribution < -0.4 is 10.6 Å². The van der Waals surface area contributed by atoms with Crippen LogP contribution in [-0.4, -0.2) is 16.9 Å². The smallest absolute Gasteiger partial charge is 0.263 e. The van der Waals surface area contributed by atoms with Crippen molar-refractivity contribution in [2.45, 2.75) is 0 Å². The number of amides is 2. The molecule has 3 rings (SSSR count). The molecule has 8 heteroatoms. The van der Waals surface area contributed by atoms with Gasteiger partial charge in [0.25, 0.3) is 11.8 Å². The molecular formula is C15H9N3O4S. The lowest BCUT2D eigenvalue weighted by Gasteiger charge is -2.15. The zero-order valence-corrected chi connectivity index (χ0v) is 12.3. The zero-order chi connectivity index (χ0) is 16.4. The normalized spacial score (nSPS) is 14.3. The molecule has 0 atom stereocenters. The van der Waals surface area contributed by atoms with Crippen molar-refractivity contribution in [3.8, 4) is 11.3 Å². The van der Waals surface area contributed by atoms with E-state index in [4.69, 9.17) is 16.6 Å². The van der Waals surface area contributed by atoms with E-state index in [1.54, 1.807) is 36.4 Å². The highest BCUT2D eigenvalue weighted by Crippen LogP contribution is 2.26. The molecule has 2 heterocycles. The molecule has 2 N–H and O–H groups in total. The van der Waals surface area contributed by atoms with Crippen molar-refractivity contribution in [1.82, 2.24) is 10.6 Å². The van der Waals surface area contributed by atoms with Gasteiger partial charge in [-0.05, 0) is 47.7 Å².